The van der Waals surface area contributed by atoms with E-state index in [1.807, 2.05) is 31.2 Å². The molecule has 1 fully saturated rings. The molecule has 2 heterocycles. The SMILES string of the molecule is C[C@@H]1N[C@]2(C(=O)Nc3ccccc32)[C@@H]([N+](=O)[O-])[C@H]1c1ccc(OCc2ccccc2C#N)cc1. The number of fused-ring (bicyclic) bond motifs is 2. The van der Waals surface area contributed by atoms with E-state index in [0.29, 0.717) is 22.6 Å². The predicted octanol–water partition coefficient (Wildman–Crippen LogP) is 3.71. The molecule has 0 radical (unpaired) electrons. The molecule has 170 valence electrons. The standard InChI is InChI=1S/C26H22N4O4/c1-16-23(17-10-12-20(13-11-17)34-15-19-7-3-2-6-18(19)14-27)24(30(32)33)26(29-16)21-8-4-5-9-22(21)28-25(26)31/h2-13,16,23-24,29H,15H2,1H3,(H,28,31)/t16-,23+,24-,26-/m0/s1. The number of carbonyl (C=O) groups excluding carboxylic acids is 1. The molecule has 0 saturated carbocycles. The molecule has 1 amide bonds. The molecule has 0 aliphatic carbocycles. The lowest BCUT2D eigenvalue weighted by Gasteiger charge is -2.25. The number of para-hydroxylation sites is 1. The highest BCUT2D eigenvalue weighted by Crippen LogP contribution is 2.49. The number of nitrogens with one attached hydrogen (secondary N) is 2. The van der Waals surface area contributed by atoms with E-state index in [0.717, 1.165) is 11.1 Å². The van der Waals surface area contributed by atoms with Crippen molar-refractivity contribution in [2.75, 3.05) is 5.32 Å². The maximum atomic E-state index is 13.1. The molecule has 8 heteroatoms. The van der Waals surface area contributed by atoms with Gasteiger partial charge in [0.25, 0.3) is 11.9 Å². The van der Waals surface area contributed by atoms with Gasteiger partial charge >= 0.3 is 0 Å². The van der Waals surface area contributed by atoms with Gasteiger partial charge in [-0.15, -0.1) is 0 Å². The van der Waals surface area contributed by atoms with Crippen molar-refractivity contribution in [3.8, 4) is 11.8 Å². The molecule has 0 bridgehead atoms. The summed E-state index contributed by atoms with van der Waals surface area (Å²) in [7, 11) is 0. The van der Waals surface area contributed by atoms with Crippen LogP contribution in [0.3, 0.4) is 0 Å². The molecule has 0 aromatic heterocycles. The number of hydrogen-bond donors (Lipinski definition) is 2. The zero-order chi connectivity index (χ0) is 23.9. The van der Waals surface area contributed by atoms with Gasteiger partial charge in [0.1, 0.15) is 12.4 Å². The van der Waals surface area contributed by atoms with Crippen LogP contribution in [-0.2, 0) is 16.9 Å². The largest absolute Gasteiger partial charge is 0.489 e. The van der Waals surface area contributed by atoms with Gasteiger partial charge < -0.3 is 10.1 Å². The van der Waals surface area contributed by atoms with Crippen LogP contribution in [0.5, 0.6) is 5.75 Å². The average Bonchev–Trinajstić information content (AvgIpc) is 3.32. The highest BCUT2D eigenvalue weighted by Gasteiger charge is 2.67. The average molecular weight is 454 g/mol. The Morgan fingerprint density at radius 3 is 2.53 bits per heavy atom. The van der Waals surface area contributed by atoms with Gasteiger partial charge in [-0.05, 0) is 36.8 Å². The van der Waals surface area contributed by atoms with Gasteiger partial charge in [-0.3, -0.25) is 20.2 Å². The first kappa shape index (κ1) is 21.6. The Bertz CT molecular complexity index is 1320. The van der Waals surface area contributed by atoms with Crippen LogP contribution in [0.15, 0.2) is 72.8 Å². The second-order valence-electron chi connectivity index (χ2n) is 8.62. The minimum absolute atomic E-state index is 0.238. The molecular weight excluding hydrogens is 432 g/mol. The molecule has 3 aromatic carbocycles. The number of ether oxygens (including phenoxy) is 1. The molecule has 2 N–H and O–H groups in total. The number of nitriles is 1. The van der Waals surface area contributed by atoms with Gasteiger partial charge in [0.05, 0.1) is 17.6 Å². The quantitative estimate of drug-likeness (QED) is 0.448. The number of nitro groups is 1. The van der Waals surface area contributed by atoms with Crippen molar-refractivity contribution in [3.63, 3.8) is 0 Å². The summed E-state index contributed by atoms with van der Waals surface area (Å²) in [6.07, 6.45) is 0. The van der Waals surface area contributed by atoms with E-state index in [4.69, 9.17) is 4.74 Å². The fraction of sp³-hybridized carbons (Fsp3) is 0.231. The third kappa shape index (κ3) is 3.29. The van der Waals surface area contributed by atoms with Crippen molar-refractivity contribution in [2.45, 2.75) is 37.1 Å². The topological polar surface area (TPSA) is 117 Å². The van der Waals surface area contributed by atoms with Crippen molar-refractivity contribution in [1.29, 1.82) is 5.26 Å². The van der Waals surface area contributed by atoms with Crippen LogP contribution in [0, 0.1) is 21.4 Å². The van der Waals surface area contributed by atoms with E-state index < -0.39 is 23.4 Å². The van der Waals surface area contributed by atoms with Gasteiger partial charge in [0.15, 0.2) is 5.54 Å². The summed E-state index contributed by atoms with van der Waals surface area (Å²) < 4.78 is 5.85. The van der Waals surface area contributed by atoms with Gasteiger partial charge in [0, 0.05) is 27.8 Å². The number of carbonyl (C=O) groups is 1. The van der Waals surface area contributed by atoms with Crippen molar-refractivity contribution in [1.82, 2.24) is 5.32 Å². The Labute approximate surface area is 196 Å². The molecule has 5 rings (SSSR count). The number of hydrogen-bond acceptors (Lipinski definition) is 6. The maximum absolute atomic E-state index is 13.1. The molecule has 3 aromatic rings. The Morgan fingerprint density at radius 1 is 1.09 bits per heavy atom. The molecule has 2 aliphatic heterocycles. The molecule has 34 heavy (non-hydrogen) atoms. The molecule has 1 saturated heterocycles. The van der Waals surface area contributed by atoms with E-state index in [-0.39, 0.29) is 17.6 Å². The molecule has 8 nitrogen and oxygen atoms in total. The van der Waals surface area contributed by atoms with Crippen LogP contribution < -0.4 is 15.4 Å². The third-order valence-electron chi connectivity index (χ3n) is 6.76. The Morgan fingerprint density at radius 2 is 1.79 bits per heavy atom. The molecular formula is C26H22N4O4. The molecule has 1 spiro atoms. The van der Waals surface area contributed by atoms with Crippen molar-refractivity contribution in [3.05, 3.63) is 105 Å². The number of anilines is 1. The van der Waals surface area contributed by atoms with E-state index in [1.165, 1.54) is 0 Å². The first-order valence-electron chi connectivity index (χ1n) is 11.0. The van der Waals surface area contributed by atoms with Crippen LogP contribution in [0.2, 0.25) is 0 Å². The summed E-state index contributed by atoms with van der Waals surface area (Å²) in [5.41, 5.74) is 1.86. The zero-order valence-corrected chi connectivity index (χ0v) is 18.4. The van der Waals surface area contributed by atoms with Gasteiger partial charge in [-0.1, -0.05) is 48.5 Å². The Hall–Kier alpha value is -4.22. The highest BCUT2D eigenvalue weighted by molar-refractivity contribution is 6.07. The lowest BCUT2D eigenvalue weighted by Crippen LogP contribution is -2.54. The summed E-state index contributed by atoms with van der Waals surface area (Å²) in [6.45, 7) is 2.11. The Balaban J connectivity index is 1.43. The summed E-state index contributed by atoms with van der Waals surface area (Å²) in [6, 6.07) is 22.1. The van der Waals surface area contributed by atoms with Gasteiger partial charge in [-0.2, -0.15) is 5.26 Å². The van der Waals surface area contributed by atoms with Gasteiger partial charge in [-0.25, -0.2) is 0 Å². The van der Waals surface area contributed by atoms with E-state index in [1.54, 1.807) is 48.5 Å². The first-order valence-corrected chi connectivity index (χ1v) is 11.0. The number of rotatable bonds is 5. The second kappa shape index (κ2) is 8.28. The fourth-order valence-electron chi connectivity index (χ4n) is 5.26. The predicted molar refractivity (Wildman–Crippen MR) is 125 cm³/mol. The molecule has 0 unspecified atom stereocenters. The second-order valence-corrected chi connectivity index (χ2v) is 8.62. The number of amides is 1. The van der Waals surface area contributed by atoms with Crippen LogP contribution in [0.1, 0.15) is 35.1 Å². The normalized spacial score (nSPS) is 24.9. The molecule has 2 aliphatic rings. The van der Waals surface area contributed by atoms with E-state index in [9.17, 15) is 20.2 Å². The van der Waals surface area contributed by atoms with Crippen molar-refractivity contribution >= 4 is 11.6 Å². The van der Waals surface area contributed by atoms with Gasteiger partial charge in [0.2, 0.25) is 0 Å². The summed E-state index contributed by atoms with van der Waals surface area (Å²) >= 11 is 0. The summed E-state index contributed by atoms with van der Waals surface area (Å²) in [4.78, 5) is 25.1. The van der Waals surface area contributed by atoms with E-state index >= 15 is 0 Å². The highest BCUT2D eigenvalue weighted by atomic mass is 16.6. The monoisotopic (exact) mass is 454 g/mol. The van der Waals surface area contributed by atoms with Crippen LogP contribution in [-0.4, -0.2) is 22.9 Å². The zero-order valence-electron chi connectivity index (χ0n) is 18.4. The maximum Gasteiger partial charge on any atom is 0.256 e. The van der Waals surface area contributed by atoms with Crippen LogP contribution in [0.4, 0.5) is 5.69 Å². The fourth-order valence-corrected chi connectivity index (χ4v) is 5.26. The van der Waals surface area contributed by atoms with Crippen molar-refractivity contribution < 1.29 is 14.5 Å². The lowest BCUT2D eigenvalue weighted by molar-refractivity contribution is -0.532. The van der Waals surface area contributed by atoms with Crippen molar-refractivity contribution in [2.24, 2.45) is 0 Å². The minimum Gasteiger partial charge on any atom is -0.489 e. The smallest absolute Gasteiger partial charge is 0.256 e. The third-order valence-corrected chi connectivity index (χ3v) is 6.76. The number of nitrogens with zero attached hydrogens (tertiary/aromatic N) is 2. The molecule has 4 atom stereocenters. The van der Waals surface area contributed by atoms with Crippen LogP contribution >= 0.6 is 0 Å². The summed E-state index contributed by atoms with van der Waals surface area (Å²) in [5.74, 6) is -0.340. The Kier molecular flexibility index (Phi) is 5.27. The number of benzene rings is 3. The lowest BCUT2D eigenvalue weighted by atomic mass is 9.78. The first-order chi connectivity index (χ1) is 16.5. The van der Waals surface area contributed by atoms with Crippen LogP contribution in [0.25, 0.3) is 0 Å². The van der Waals surface area contributed by atoms with E-state index in [2.05, 4.69) is 16.7 Å². The minimum atomic E-state index is -1.43. The summed E-state index contributed by atoms with van der Waals surface area (Å²) in [5, 5.41) is 27.7.